The van der Waals surface area contributed by atoms with E-state index in [1.54, 1.807) is 0 Å². The first-order chi connectivity index (χ1) is 12.6. The van der Waals surface area contributed by atoms with E-state index in [1.807, 2.05) is 4.72 Å². The van der Waals surface area contributed by atoms with E-state index in [4.69, 9.17) is 5.11 Å². The largest absolute Gasteiger partial charge is 0.481 e. The second-order valence-corrected chi connectivity index (χ2v) is 6.93. The van der Waals surface area contributed by atoms with Crippen LogP contribution in [0.2, 0.25) is 0 Å². The number of carbonyl (C=O) groups excluding carboxylic acids is 1. The number of aromatic nitrogens is 1. The first kappa shape index (κ1) is 20.3. The maximum absolute atomic E-state index is 12.4. The van der Waals surface area contributed by atoms with Crippen LogP contribution in [0, 0.1) is 6.92 Å². The van der Waals surface area contributed by atoms with Gasteiger partial charge in [-0.15, -0.1) is 0 Å². The third-order valence-electron chi connectivity index (χ3n) is 3.32. The smallest absolute Gasteiger partial charge is 0.388 e. The number of aryl methyl sites for hydroxylation is 1. The van der Waals surface area contributed by atoms with Gasteiger partial charge < -0.3 is 14.4 Å². The molecule has 0 unspecified atom stereocenters. The van der Waals surface area contributed by atoms with E-state index in [1.165, 1.54) is 19.1 Å². The van der Waals surface area contributed by atoms with E-state index in [9.17, 15) is 26.8 Å². The van der Waals surface area contributed by atoms with Crippen molar-refractivity contribution in [2.45, 2.75) is 31.3 Å². The molecule has 0 bridgehead atoms. The summed E-state index contributed by atoms with van der Waals surface area (Å²) in [6, 6.07) is 4.67. The van der Waals surface area contributed by atoms with Crippen LogP contribution in [0.5, 0.6) is 5.88 Å². The number of ether oxygens (including phenoxy) is 1. The average Bonchev–Trinajstić information content (AvgIpc) is 2.92. The minimum absolute atomic E-state index is 0.0882. The standard InChI is InChI=1S/C15H14F2N2O7S/c1-8-13(14(18-26-8)25-15(16)17)19-27(23,24)10-4-2-9(3-5-10)11(20)6-7-12(21)22/h2-5,15,19H,6-7H2,1H3,(H,21,22). The molecular weight excluding hydrogens is 390 g/mol. The summed E-state index contributed by atoms with van der Waals surface area (Å²) >= 11 is 0. The molecule has 9 nitrogen and oxygen atoms in total. The van der Waals surface area contributed by atoms with Crippen molar-refractivity contribution in [3.63, 3.8) is 0 Å². The Balaban J connectivity index is 2.19. The molecule has 0 aliphatic heterocycles. The molecule has 0 aliphatic carbocycles. The van der Waals surface area contributed by atoms with Crippen LogP contribution in [-0.4, -0.2) is 37.0 Å². The molecule has 2 aromatic rings. The van der Waals surface area contributed by atoms with Crippen molar-refractivity contribution in [3.8, 4) is 5.88 Å². The molecule has 0 fully saturated rings. The van der Waals surface area contributed by atoms with Crippen molar-refractivity contribution in [1.29, 1.82) is 0 Å². The highest BCUT2D eigenvalue weighted by Gasteiger charge is 2.24. The first-order valence-corrected chi connectivity index (χ1v) is 8.87. The predicted octanol–water partition coefficient (Wildman–Crippen LogP) is 2.43. The van der Waals surface area contributed by atoms with Gasteiger partial charge in [-0.25, -0.2) is 8.42 Å². The number of carbonyl (C=O) groups is 2. The van der Waals surface area contributed by atoms with Crippen molar-refractivity contribution in [3.05, 3.63) is 35.6 Å². The second kappa shape index (κ2) is 8.12. The number of anilines is 1. The maximum Gasteiger partial charge on any atom is 0.388 e. The number of ketones is 1. The zero-order valence-corrected chi connectivity index (χ0v) is 14.6. The lowest BCUT2D eigenvalue weighted by Gasteiger charge is -2.09. The topological polar surface area (TPSA) is 136 Å². The Morgan fingerprint density at radius 3 is 2.44 bits per heavy atom. The number of alkyl halides is 2. The molecule has 27 heavy (non-hydrogen) atoms. The van der Waals surface area contributed by atoms with Gasteiger partial charge >= 0.3 is 12.6 Å². The molecule has 0 spiro atoms. The van der Waals surface area contributed by atoms with Gasteiger partial charge in [-0.2, -0.15) is 8.78 Å². The molecule has 2 rings (SSSR count). The van der Waals surface area contributed by atoms with Crippen molar-refractivity contribution in [2.75, 3.05) is 4.72 Å². The molecule has 1 aromatic heterocycles. The minimum atomic E-state index is -4.21. The second-order valence-electron chi connectivity index (χ2n) is 5.24. The molecule has 1 heterocycles. The Hall–Kier alpha value is -3.02. The molecular formula is C15H14F2N2O7S. The Morgan fingerprint density at radius 2 is 1.89 bits per heavy atom. The number of rotatable bonds is 9. The van der Waals surface area contributed by atoms with Crippen LogP contribution in [0.4, 0.5) is 14.5 Å². The fraction of sp³-hybridized carbons (Fsp3) is 0.267. The SMILES string of the molecule is Cc1onc(OC(F)F)c1NS(=O)(=O)c1ccc(C(=O)CCC(=O)O)cc1. The summed E-state index contributed by atoms with van der Waals surface area (Å²) < 4.78 is 60.3. The van der Waals surface area contributed by atoms with Crippen LogP contribution in [0.3, 0.4) is 0 Å². The summed E-state index contributed by atoms with van der Waals surface area (Å²) in [5, 5.41) is 11.8. The zero-order chi connectivity index (χ0) is 20.2. The van der Waals surface area contributed by atoms with Crippen molar-refractivity contribution in [2.24, 2.45) is 0 Å². The summed E-state index contributed by atoms with van der Waals surface area (Å²) in [6.07, 6.45) is -0.575. The Labute approximate surface area is 152 Å². The summed E-state index contributed by atoms with van der Waals surface area (Å²) in [7, 11) is -4.21. The van der Waals surface area contributed by atoms with E-state index in [0.29, 0.717) is 0 Å². The fourth-order valence-electron chi connectivity index (χ4n) is 2.01. The molecule has 0 aliphatic rings. The van der Waals surface area contributed by atoms with Crippen LogP contribution in [0.1, 0.15) is 29.0 Å². The lowest BCUT2D eigenvalue weighted by atomic mass is 10.1. The van der Waals surface area contributed by atoms with E-state index < -0.39 is 34.3 Å². The number of nitrogens with one attached hydrogen (secondary N) is 1. The number of hydrogen-bond donors (Lipinski definition) is 2. The quantitative estimate of drug-likeness (QED) is 0.608. The number of halogens is 2. The van der Waals surface area contributed by atoms with Crippen molar-refractivity contribution >= 4 is 27.5 Å². The van der Waals surface area contributed by atoms with Gasteiger partial charge in [0, 0.05) is 12.0 Å². The lowest BCUT2D eigenvalue weighted by Crippen LogP contribution is -2.15. The predicted molar refractivity (Wildman–Crippen MR) is 86.3 cm³/mol. The Kier molecular flexibility index (Phi) is 6.10. The number of benzene rings is 1. The molecule has 0 saturated carbocycles. The van der Waals surface area contributed by atoms with Crippen LogP contribution in [0.15, 0.2) is 33.7 Å². The Morgan fingerprint density at radius 1 is 1.26 bits per heavy atom. The van der Waals surface area contributed by atoms with Gasteiger partial charge in [-0.1, -0.05) is 12.1 Å². The normalized spacial score (nSPS) is 11.4. The number of aliphatic carboxylic acids is 1. The molecule has 2 N–H and O–H groups in total. The van der Waals surface area contributed by atoms with Crippen molar-refractivity contribution in [1.82, 2.24) is 5.16 Å². The highest BCUT2D eigenvalue weighted by molar-refractivity contribution is 7.92. The molecule has 146 valence electrons. The van der Waals surface area contributed by atoms with Gasteiger partial charge in [0.1, 0.15) is 0 Å². The highest BCUT2D eigenvalue weighted by Crippen LogP contribution is 2.30. The molecule has 12 heteroatoms. The summed E-state index contributed by atoms with van der Waals surface area (Å²) in [5.41, 5.74) is -0.241. The maximum atomic E-state index is 12.4. The molecule has 1 aromatic carbocycles. The van der Waals surface area contributed by atoms with Gasteiger partial charge in [-0.05, 0) is 24.2 Å². The van der Waals surface area contributed by atoms with Crippen LogP contribution in [0.25, 0.3) is 0 Å². The van der Waals surface area contributed by atoms with Gasteiger partial charge in [0.15, 0.2) is 17.2 Å². The lowest BCUT2D eigenvalue weighted by molar-refractivity contribution is -0.136. The number of carboxylic acids is 1. The highest BCUT2D eigenvalue weighted by atomic mass is 32.2. The number of nitrogens with zero attached hydrogens (tertiary/aromatic N) is 1. The zero-order valence-electron chi connectivity index (χ0n) is 13.8. The molecule has 0 radical (unpaired) electrons. The van der Waals surface area contributed by atoms with Crippen LogP contribution < -0.4 is 9.46 Å². The number of sulfonamides is 1. The molecule has 0 saturated heterocycles. The summed E-state index contributed by atoms with van der Waals surface area (Å²) in [6.45, 7) is -1.93. The summed E-state index contributed by atoms with van der Waals surface area (Å²) in [5.74, 6) is -2.39. The summed E-state index contributed by atoms with van der Waals surface area (Å²) in [4.78, 5) is 22.0. The number of Topliss-reactive ketones (excluding diaryl/α,β-unsaturated/α-hetero) is 1. The first-order valence-electron chi connectivity index (χ1n) is 7.39. The van der Waals surface area contributed by atoms with Gasteiger partial charge in [0.25, 0.3) is 15.9 Å². The number of carboxylic acid groups (broad SMARTS) is 1. The van der Waals surface area contributed by atoms with E-state index in [-0.39, 0.29) is 34.7 Å². The number of hydrogen-bond acceptors (Lipinski definition) is 7. The van der Waals surface area contributed by atoms with E-state index in [2.05, 4.69) is 14.4 Å². The van der Waals surface area contributed by atoms with Gasteiger partial charge in [-0.3, -0.25) is 14.3 Å². The van der Waals surface area contributed by atoms with Crippen molar-refractivity contribution < 1.29 is 41.2 Å². The minimum Gasteiger partial charge on any atom is -0.481 e. The monoisotopic (exact) mass is 404 g/mol. The van der Waals surface area contributed by atoms with Crippen LogP contribution >= 0.6 is 0 Å². The molecule has 0 amide bonds. The van der Waals surface area contributed by atoms with Crippen LogP contribution in [-0.2, 0) is 14.8 Å². The van der Waals surface area contributed by atoms with E-state index in [0.717, 1.165) is 12.1 Å². The third kappa shape index (κ3) is 5.23. The van der Waals surface area contributed by atoms with E-state index >= 15 is 0 Å². The Bertz CT molecular complexity index is 940. The third-order valence-corrected chi connectivity index (χ3v) is 4.69. The fourth-order valence-corrected chi connectivity index (χ4v) is 3.12. The van der Waals surface area contributed by atoms with Gasteiger partial charge in [0.05, 0.1) is 11.3 Å². The average molecular weight is 404 g/mol. The van der Waals surface area contributed by atoms with Gasteiger partial charge in [0.2, 0.25) is 0 Å². The molecule has 0 atom stereocenters.